The number of amides is 2. The first-order valence-electron chi connectivity index (χ1n) is 7.99. The van der Waals surface area contributed by atoms with Crippen LogP contribution in [-0.4, -0.2) is 92.0 Å². The Balaban J connectivity index is 1.54. The van der Waals surface area contributed by atoms with Crippen LogP contribution in [0, 0.1) is 0 Å². The van der Waals surface area contributed by atoms with Gasteiger partial charge in [-0.1, -0.05) is 0 Å². The number of cyclic esters (lactones) is 1. The fourth-order valence-corrected chi connectivity index (χ4v) is 2.76. The second-order valence-corrected chi connectivity index (χ2v) is 6.07. The first-order chi connectivity index (χ1) is 11.5. The molecule has 0 aliphatic carbocycles. The fourth-order valence-electron chi connectivity index (χ4n) is 2.76. The lowest BCUT2D eigenvalue weighted by molar-refractivity contribution is -0.132. The largest absolute Gasteiger partial charge is 0.448 e. The van der Waals surface area contributed by atoms with Crippen LogP contribution in [-0.2, 0) is 9.53 Å². The lowest BCUT2D eigenvalue weighted by atomic mass is 10.3. The van der Waals surface area contributed by atoms with E-state index in [1.54, 1.807) is 11.1 Å². The number of hydrogen-bond donors (Lipinski definition) is 0. The Morgan fingerprint density at radius 2 is 2.00 bits per heavy atom. The summed E-state index contributed by atoms with van der Waals surface area (Å²) in [4.78, 5) is 31.1. The van der Waals surface area contributed by atoms with Crippen LogP contribution in [0.1, 0.15) is 0 Å². The smallest absolute Gasteiger partial charge is 0.410 e. The van der Waals surface area contributed by atoms with Crippen molar-refractivity contribution in [2.24, 2.45) is 0 Å². The van der Waals surface area contributed by atoms with E-state index in [1.807, 2.05) is 25.1 Å². The van der Waals surface area contributed by atoms with Crippen molar-refractivity contribution >= 4 is 23.5 Å². The summed E-state index contributed by atoms with van der Waals surface area (Å²) in [6.45, 7) is 3.54. The van der Waals surface area contributed by atoms with Crippen LogP contribution in [0.15, 0.2) is 12.3 Å². The monoisotopic (exact) mass is 334 g/mol. The van der Waals surface area contributed by atoms with Gasteiger partial charge in [-0.3, -0.25) is 9.69 Å². The van der Waals surface area contributed by atoms with E-state index in [-0.39, 0.29) is 12.5 Å². The van der Waals surface area contributed by atoms with Crippen molar-refractivity contribution in [2.75, 3.05) is 69.8 Å². The third-order valence-corrected chi connectivity index (χ3v) is 4.27. The van der Waals surface area contributed by atoms with Gasteiger partial charge in [0, 0.05) is 46.3 Å². The maximum atomic E-state index is 12.3. The van der Waals surface area contributed by atoms with E-state index in [4.69, 9.17) is 4.74 Å². The molecule has 130 valence electrons. The molecule has 0 bridgehead atoms. The van der Waals surface area contributed by atoms with Gasteiger partial charge in [0.05, 0.1) is 18.4 Å². The molecule has 3 rings (SSSR count). The quantitative estimate of drug-likeness (QED) is 0.744. The summed E-state index contributed by atoms with van der Waals surface area (Å²) < 4.78 is 4.85. The average molecular weight is 334 g/mol. The predicted octanol–water partition coefficient (Wildman–Crippen LogP) is -0.357. The maximum Gasteiger partial charge on any atom is 0.410 e. The lowest BCUT2D eigenvalue weighted by Gasteiger charge is -2.35. The second-order valence-electron chi connectivity index (χ2n) is 6.07. The number of anilines is 2. The molecule has 2 fully saturated rings. The van der Waals surface area contributed by atoms with Crippen molar-refractivity contribution < 1.29 is 14.3 Å². The Bertz CT molecular complexity index is 615. The Morgan fingerprint density at radius 1 is 1.25 bits per heavy atom. The van der Waals surface area contributed by atoms with Crippen LogP contribution >= 0.6 is 0 Å². The number of nitrogens with zero attached hydrogens (tertiary/aromatic N) is 6. The first-order valence-corrected chi connectivity index (χ1v) is 7.99. The Hall–Kier alpha value is -2.58. The molecular formula is C15H22N6O3. The van der Waals surface area contributed by atoms with Crippen molar-refractivity contribution in [3.8, 4) is 0 Å². The van der Waals surface area contributed by atoms with Crippen molar-refractivity contribution in [1.29, 1.82) is 0 Å². The minimum absolute atomic E-state index is 0.0402. The Kier molecular flexibility index (Phi) is 4.68. The van der Waals surface area contributed by atoms with Gasteiger partial charge in [-0.05, 0) is 0 Å². The zero-order valence-electron chi connectivity index (χ0n) is 14.0. The SMILES string of the molecule is CN(C)c1cnnc(N2CCN(C(=O)CN3CCOC3=O)CC2)c1. The normalized spacial score (nSPS) is 17.9. The van der Waals surface area contributed by atoms with E-state index in [0.29, 0.717) is 39.3 Å². The molecule has 2 amide bonds. The van der Waals surface area contributed by atoms with Gasteiger partial charge in [0.15, 0.2) is 5.82 Å². The number of piperazine rings is 1. The van der Waals surface area contributed by atoms with Gasteiger partial charge in [0.2, 0.25) is 5.91 Å². The second kappa shape index (κ2) is 6.90. The van der Waals surface area contributed by atoms with Crippen LogP contribution in [0.25, 0.3) is 0 Å². The van der Waals surface area contributed by atoms with Crippen LogP contribution in [0.2, 0.25) is 0 Å². The average Bonchev–Trinajstić information content (AvgIpc) is 3.00. The molecule has 2 aliphatic rings. The summed E-state index contributed by atoms with van der Waals surface area (Å²) in [5.41, 5.74) is 0.992. The Labute approximate surface area is 140 Å². The van der Waals surface area contributed by atoms with E-state index in [9.17, 15) is 9.59 Å². The molecule has 24 heavy (non-hydrogen) atoms. The molecule has 0 radical (unpaired) electrons. The summed E-state index contributed by atoms with van der Waals surface area (Å²) in [6, 6.07) is 1.99. The number of hydrogen-bond acceptors (Lipinski definition) is 7. The highest BCUT2D eigenvalue weighted by molar-refractivity contribution is 5.83. The van der Waals surface area contributed by atoms with Gasteiger partial charge in [-0.15, -0.1) is 5.10 Å². The maximum absolute atomic E-state index is 12.3. The van der Waals surface area contributed by atoms with E-state index < -0.39 is 6.09 Å². The van der Waals surface area contributed by atoms with E-state index in [0.717, 1.165) is 11.5 Å². The minimum atomic E-state index is -0.405. The van der Waals surface area contributed by atoms with Crippen molar-refractivity contribution in [1.82, 2.24) is 20.0 Å². The molecule has 0 aromatic carbocycles. The summed E-state index contributed by atoms with van der Waals surface area (Å²) in [7, 11) is 3.92. The molecule has 3 heterocycles. The van der Waals surface area contributed by atoms with Gasteiger partial charge in [-0.2, -0.15) is 5.10 Å². The molecule has 2 aliphatic heterocycles. The highest BCUT2D eigenvalue weighted by Crippen LogP contribution is 2.18. The number of aromatic nitrogens is 2. The third-order valence-electron chi connectivity index (χ3n) is 4.27. The Morgan fingerprint density at radius 3 is 2.62 bits per heavy atom. The van der Waals surface area contributed by atoms with E-state index >= 15 is 0 Å². The summed E-state index contributed by atoms with van der Waals surface area (Å²) >= 11 is 0. The van der Waals surface area contributed by atoms with Gasteiger partial charge in [0.1, 0.15) is 13.2 Å². The predicted molar refractivity (Wildman–Crippen MR) is 88.1 cm³/mol. The van der Waals surface area contributed by atoms with Gasteiger partial charge in [-0.25, -0.2) is 4.79 Å². The van der Waals surface area contributed by atoms with Crippen LogP contribution in [0.3, 0.4) is 0 Å². The molecule has 0 N–H and O–H groups in total. The van der Waals surface area contributed by atoms with Crippen LogP contribution in [0.4, 0.5) is 16.3 Å². The van der Waals surface area contributed by atoms with Gasteiger partial charge in [0.25, 0.3) is 0 Å². The highest BCUT2D eigenvalue weighted by Gasteiger charge is 2.28. The number of carbonyl (C=O) groups excluding carboxylic acids is 2. The minimum Gasteiger partial charge on any atom is -0.448 e. The molecule has 0 atom stereocenters. The molecule has 0 saturated carbocycles. The number of carbonyl (C=O) groups is 2. The first kappa shape index (κ1) is 16.3. The zero-order chi connectivity index (χ0) is 17.1. The fraction of sp³-hybridized carbons (Fsp3) is 0.600. The highest BCUT2D eigenvalue weighted by atomic mass is 16.6. The summed E-state index contributed by atoms with van der Waals surface area (Å²) in [5.74, 6) is 0.776. The third kappa shape index (κ3) is 3.50. The number of ether oxygens (including phenoxy) is 1. The number of rotatable bonds is 4. The lowest BCUT2D eigenvalue weighted by Crippen LogP contribution is -2.51. The molecule has 1 aromatic heterocycles. The molecule has 2 saturated heterocycles. The van der Waals surface area contributed by atoms with Crippen LogP contribution in [0.5, 0.6) is 0 Å². The van der Waals surface area contributed by atoms with Gasteiger partial charge < -0.3 is 19.4 Å². The topological polar surface area (TPSA) is 82.1 Å². The standard InChI is InChI=1S/C15H22N6O3/c1-18(2)12-9-13(17-16-10-12)19-3-5-20(6-4-19)14(22)11-21-7-8-24-15(21)23/h9-10H,3-8,11H2,1-2H3. The molecule has 0 unspecified atom stereocenters. The molecular weight excluding hydrogens is 312 g/mol. The zero-order valence-corrected chi connectivity index (χ0v) is 14.0. The molecule has 9 heteroatoms. The van der Waals surface area contributed by atoms with Crippen molar-refractivity contribution in [2.45, 2.75) is 0 Å². The van der Waals surface area contributed by atoms with Crippen molar-refractivity contribution in [3.05, 3.63) is 12.3 Å². The van der Waals surface area contributed by atoms with E-state index in [1.165, 1.54) is 4.90 Å². The summed E-state index contributed by atoms with van der Waals surface area (Å²) in [5, 5.41) is 8.22. The molecule has 9 nitrogen and oxygen atoms in total. The molecule has 0 spiro atoms. The molecule has 1 aromatic rings. The van der Waals surface area contributed by atoms with Gasteiger partial charge >= 0.3 is 6.09 Å². The van der Waals surface area contributed by atoms with Crippen LogP contribution < -0.4 is 9.80 Å². The van der Waals surface area contributed by atoms with Crippen molar-refractivity contribution in [3.63, 3.8) is 0 Å². The summed E-state index contributed by atoms with van der Waals surface area (Å²) in [6.07, 6.45) is 1.32. The van der Waals surface area contributed by atoms with E-state index in [2.05, 4.69) is 15.1 Å².